The van der Waals surface area contributed by atoms with Crippen molar-refractivity contribution < 1.29 is 9.26 Å². The van der Waals surface area contributed by atoms with E-state index < -0.39 is 0 Å². The smallest absolute Gasteiger partial charge is 0.233 e. The van der Waals surface area contributed by atoms with Gasteiger partial charge in [-0.25, -0.2) is 4.98 Å². The van der Waals surface area contributed by atoms with Crippen LogP contribution in [0.1, 0.15) is 24.2 Å². The molecule has 2 aromatic carbocycles. The van der Waals surface area contributed by atoms with Crippen LogP contribution in [-0.2, 0) is 6.42 Å². The Morgan fingerprint density at radius 1 is 1.00 bits per heavy atom. The Labute approximate surface area is 175 Å². The third-order valence-electron chi connectivity index (χ3n) is 4.05. The first-order chi connectivity index (χ1) is 13.7. The minimum Gasteiger partial charge on any atom is -0.494 e. The van der Waals surface area contributed by atoms with Crippen LogP contribution in [0.2, 0.25) is 0 Å². The lowest BCUT2D eigenvalue weighted by atomic mass is 10.2. The van der Waals surface area contributed by atoms with Gasteiger partial charge < -0.3 is 9.26 Å². The Morgan fingerprint density at radius 2 is 1.75 bits per heavy atom. The molecular weight excluding hydrogens is 438 g/mol. The fourth-order valence-corrected chi connectivity index (χ4v) is 3.70. The quantitative estimate of drug-likeness (QED) is 0.341. The second kappa shape index (κ2) is 8.67. The van der Waals surface area contributed by atoms with E-state index in [0.29, 0.717) is 24.7 Å². The summed E-state index contributed by atoms with van der Waals surface area (Å²) < 4.78 is 12.1. The summed E-state index contributed by atoms with van der Waals surface area (Å²) in [5, 5.41) is 7.08. The van der Waals surface area contributed by atoms with Gasteiger partial charge in [0, 0.05) is 21.0 Å². The SMILES string of the molecule is CCCOc1ccc(-c2noc(Cc3nc(-c4ccc(Br)cc4)cs3)n2)cc1. The van der Waals surface area contributed by atoms with E-state index in [1.54, 1.807) is 11.3 Å². The zero-order valence-corrected chi connectivity index (χ0v) is 17.7. The number of ether oxygens (including phenoxy) is 1. The molecule has 0 atom stereocenters. The maximum atomic E-state index is 5.60. The lowest BCUT2D eigenvalue weighted by Crippen LogP contribution is -1.94. The number of rotatable bonds is 7. The van der Waals surface area contributed by atoms with E-state index in [0.717, 1.165) is 38.5 Å². The van der Waals surface area contributed by atoms with Crippen LogP contribution in [0.25, 0.3) is 22.6 Å². The zero-order chi connectivity index (χ0) is 19.3. The van der Waals surface area contributed by atoms with Crippen molar-refractivity contribution in [3.8, 4) is 28.4 Å². The van der Waals surface area contributed by atoms with Gasteiger partial charge in [0.25, 0.3) is 0 Å². The number of hydrogen-bond acceptors (Lipinski definition) is 6. The third-order valence-corrected chi connectivity index (χ3v) is 5.43. The predicted octanol–water partition coefficient (Wildman–Crippen LogP) is 6.00. The van der Waals surface area contributed by atoms with Gasteiger partial charge in [-0.05, 0) is 42.8 Å². The van der Waals surface area contributed by atoms with E-state index in [-0.39, 0.29) is 0 Å². The van der Waals surface area contributed by atoms with Gasteiger partial charge in [-0.3, -0.25) is 0 Å². The van der Waals surface area contributed by atoms with Crippen molar-refractivity contribution in [1.29, 1.82) is 0 Å². The molecule has 0 unspecified atom stereocenters. The maximum Gasteiger partial charge on any atom is 0.233 e. The Hall–Kier alpha value is -2.51. The fourth-order valence-electron chi connectivity index (χ4n) is 2.64. The molecule has 28 heavy (non-hydrogen) atoms. The van der Waals surface area contributed by atoms with E-state index >= 15 is 0 Å². The summed E-state index contributed by atoms with van der Waals surface area (Å²) in [7, 11) is 0. The van der Waals surface area contributed by atoms with Gasteiger partial charge in [-0.2, -0.15) is 4.98 Å². The Kier molecular flexibility index (Phi) is 5.83. The number of benzene rings is 2. The summed E-state index contributed by atoms with van der Waals surface area (Å²) in [4.78, 5) is 9.19. The largest absolute Gasteiger partial charge is 0.494 e. The number of halogens is 1. The first-order valence-electron chi connectivity index (χ1n) is 8.97. The number of thiazole rings is 1. The first kappa shape index (κ1) is 18.8. The summed E-state index contributed by atoms with van der Waals surface area (Å²) >= 11 is 5.04. The van der Waals surface area contributed by atoms with E-state index in [1.165, 1.54) is 0 Å². The van der Waals surface area contributed by atoms with Gasteiger partial charge in [0.05, 0.1) is 18.7 Å². The maximum absolute atomic E-state index is 5.60. The van der Waals surface area contributed by atoms with Crippen molar-refractivity contribution in [3.05, 3.63) is 69.3 Å². The first-order valence-corrected chi connectivity index (χ1v) is 10.6. The van der Waals surface area contributed by atoms with Gasteiger partial charge in [0.2, 0.25) is 11.7 Å². The number of hydrogen-bond donors (Lipinski definition) is 0. The molecule has 0 spiro atoms. The van der Waals surface area contributed by atoms with Gasteiger partial charge in [-0.1, -0.05) is 40.1 Å². The molecule has 0 bridgehead atoms. The normalized spacial score (nSPS) is 10.9. The van der Waals surface area contributed by atoms with Crippen molar-refractivity contribution in [3.63, 3.8) is 0 Å². The molecule has 2 heterocycles. The van der Waals surface area contributed by atoms with Crippen LogP contribution in [0.15, 0.2) is 62.9 Å². The van der Waals surface area contributed by atoms with E-state index in [4.69, 9.17) is 9.26 Å². The average Bonchev–Trinajstić information content (AvgIpc) is 3.38. The molecule has 0 aliphatic rings. The standard InChI is InChI=1S/C21H18BrN3O2S/c1-2-11-26-17-9-5-15(6-10-17)21-24-19(27-25-21)12-20-23-18(13-28-20)14-3-7-16(22)8-4-14/h3-10,13H,2,11-12H2,1H3. The third kappa shape index (κ3) is 4.48. The van der Waals surface area contributed by atoms with E-state index in [1.807, 2.05) is 53.9 Å². The topological polar surface area (TPSA) is 61.0 Å². The number of nitrogens with zero attached hydrogens (tertiary/aromatic N) is 3. The second-order valence-electron chi connectivity index (χ2n) is 6.19. The predicted molar refractivity (Wildman–Crippen MR) is 114 cm³/mol. The van der Waals surface area contributed by atoms with Gasteiger partial charge in [-0.15, -0.1) is 11.3 Å². The minimum atomic E-state index is 0.520. The molecule has 0 radical (unpaired) electrons. The molecular formula is C21H18BrN3O2S. The van der Waals surface area contributed by atoms with Crippen LogP contribution < -0.4 is 4.74 Å². The molecule has 0 fully saturated rings. The Morgan fingerprint density at radius 3 is 2.50 bits per heavy atom. The second-order valence-corrected chi connectivity index (χ2v) is 8.05. The van der Waals surface area contributed by atoms with Crippen LogP contribution in [0.5, 0.6) is 5.75 Å². The van der Waals surface area contributed by atoms with Gasteiger partial charge >= 0.3 is 0 Å². The van der Waals surface area contributed by atoms with Crippen molar-refractivity contribution in [2.45, 2.75) is 19.8 Å². The van der Waals surface area contributed by atoms with Gasteiger partial charge in [0.1, 0.15) is 10.8 Å². The lowest BCUT2D eigenvalue weighted by molar-refractivity contribution is 0.317. The molecule has 0 saturated heterocycles. The fraction of sp³-hybridized carbons (Fsp3) is 0.190. The molecule has 0 saturated carbocycles. The summed E-state index contributed by atoms with van der Waals surface area (Å²) in [6.07, 6.45) is 1.50. The molecule has 4 rings (SSSR count). The number of aromatic nitrogens is 3. The van der Waals surface area contributed by atoms with E-state index in [2.05, 4.69) is 38.0 Å². The Bertz CT molecular complexity index is 1040. The molecule has 142 valence electrons. The molecule has 5 nitrogen and oxygen atoms in total. The van der Waals surface area contributed by atoms with Crippen LogP contribution in [0.4, 0.5) is 0 Å². The molecule has 0 aliphatic carbocycles. The van der Waals surface area contributed by atoms with Crippen molar-refractivity contribution in [1.82, 2.24) is 15.1 Å². The average molecular weight is 456 g/mol. The van der Waals surface area contributed by atoms with Crippen LogP contribution in [0.3, 0.4) is 0 Å². The minimum absolute atomic E-state index is 0.520. The summed E-state index contributed by atoms with van der Waals surface area (Å²) in [6.45, 7) is 2.79. The van der Waals surface area contributed by atoms with Gasteiger partial charge in [0.15, 0.2) is 0 Å². The van der Waals surface area contributed by atoms with Crippen LogP contribution in [0, 0.1) is 0 Å². The highest BCUT2D eigenvalue weighted by Gasteiger charge is 2.12. The van der Waals surface area contributed by atoms with Crippen molar-refractivity contribution in [2.24, 2.45) is 0 Å². The highest BCUT2D eigenvalue weighted by Crippen LogP contribution is 2.25. The lowest BCUT2D eigenvalue weighted by Gasteiger charge is -2.03. The van der Waals surface area contributed by atoms with Crippen molar-refractivity contribution >= 4 is 27.3 Å². The summed E-state index contributed by atoms with van der Waals surface area (Å²) in [5.74, 6) is 1.97. The monoisotopic (exact) mass is 455 g/mol. The molecule has 2 aromatic heterocycles. The van der Waals surface area contributed by atoms with Crippen LogP contribution in [-0.4, -0.2) is 21.7 Å². The Balaban J connectivity index is 1.44. The highest BCUT2D eigenvalue weighted by atomic mass is 79.9. The van der Waals surface area contributed by atoms with Crippen LogP contribution >= 0.6 is 27.3 Å². The van der Waals surface area contributed by atoms with Crippen molar-refractivity contribution in [2.75, 3.05) is 6.61 Å². The summed E-state index contributed by atoms with van der Waals surface area (Å²) in [5.41, 5.74) is 2.94. The summed E-state index contributed by atoms with van der Waals surface area (Å²) in [6, 6.07) is 15.8. The van der Waals surface area contributed by atoms with E-state index in [9.17, 15) is 0 Å². The molecule has 4 aromatic rings. The molecule has 7 heteroatoms. The molecule has 0 aliphatic heterocycles. The zero-order valence-electron chi connectivity index (χ0n) is 15.3. The molecule has 0 amide bonds. The molecule has 0 N–H and O–H groups in total. The highest BCUT2D eigenvalue weighted by molar-refractivity contribution is 9.10.